The summed E-state index contributed by atoms with van der Waals surface area (Å²) in [7, 11) is 0. The Bertz CT molecular complexity index is 742. The molecular formula is C28H38O3. The van der Waals surface area contributed by atoms with Crippen molar-refractivity contribution in [2.24, 2.45) is 0 Å². The molecule has 0 saturated carbocycles. The molecule has 2 aromatic rings. The van der Waals surface area contributed by atoms with E-state index in [1.807, 2.05) is 48.5 Å². The molecule has 0 N–H and O–H groups in total. The minimum absolute atomic E-state index is 0.104. The molecule has 0 saturated heterocycles. The smallest absolute Gasteiger partial charge is 0.166 e. The molecule has 31 heavy (non-hydrogen) atoms. The highest BCUT2D eigenvalue weighted by Crippen LogP contribution is 2.30. The van der Waals surface area contributed by atoms with Crippen molar-refractivity contribution in [3.05, 3.63) is 59.7 Å². The van der Waals surface area contributed by atoms with Gasteiger partial charge in [-0.3, -0.25) is 9.59 Å². The molecule has 2 rings (SSSR count). The van der Waals surface area contributed by atoms with Crippen LogP contribution in [-0.2, 0) is 0 Å². The zero-order valence-corrected chi connectivity index (χ0v) is 19.3. The van der Waals surface area contributed by atoms with E-state index in [0.717, 1.165) is 25.7 Å². The largest absolute Gasteiger partial charge is 0.456 e. The standard InChI is InChI=1S/C28H38O3/c1-3-5-7-9-11-19-25(29)23-17-13-15-21-27(23)31-28-22-16-14-18-24(28)26(30)20-12-10-8-6-4-2/h13-18,21-22H,3-12,19-20H2,1-2H3. The number of unbranched alkanes of at least 4 members (excludes halogenated alkanes) is 8. The third-order valence-electron chi connectivity index (χ3n) is 5.61. The maximum Gasteiger partial charge on any atom is 0.166 e. The molecule has 0 aliphatic heterocycles. The Morgan fingerprint density at radius 1 is 0.581 bits per heavy atom. The van der Waals surface area contributed by atoms with Gasteiger partial charge in [0.15, 0.2) is 11.6 Å². The molecule has 3 heteroatoms. The number of para-hydroxylation sites is 2. The van der Waals surface area contributed by atoms with Crippen LogP contribution in [-0.4, -0.2) is 11.6 Å². The quantitative estimate of drug-likeness (QED) is 0.201. The van der Waals surface area contributed by atoms with Crippen molar-refractivity contribution in [3.63, 3.8) is 0 Å². The number of ether oxygens (including phenoxy) is 1. The second kappa shape index (κ2) is 14.6. The Hall–Kier alpha value is -2.42. The van der Waals surface area contributed by atoms with Crippen LogP contribution in [0.4, 0.5) is 0 Å². The van der Waals surface area contributed by atoms with E-state index in [1.54, 1.807) is 0 Å². The second-order valence-electron chi connectivity index (χ2n) is 8.27. The van der Waals surface area contributed by atoms with Crippen molar-refractivity contribution in [3.8, 4) is 11.5 Å². The van der Waals surface area contributed by atoms with E-state index >= 15 is 0 Å². The summed E-state index contributed by atoms with van der Waals surface area (Å²) in [6.07, 6.45) is 12.2. The lowest BCUT2D eigenvalue weighted by molar-refractivity contribution is 0.0972. The van der Waals surface area contributed by atoms with Crippen molar-refractivity contribution in [1.82, 2.24) is 0 Å². The Kier molecular flexibility index (Phi) is 11.7. The van der Waals surface area contributed by atoms with E-state index in [1.165, 1.54) is 38.5 Å². The van der Waals surface area contributed by atoms with Crippen LogP contribution in [0.5, 0.6) is 11.5 Å². The molecule has 0 fully saturated rings. The molecule has 2 aromatic carbocycles. The highest BCUT2D eigenvalue weighted by Gasteiger charge is 2.16. The third kappa shape index (κ3) is 8.69. The first-order valence-corrected chi connectivity index (χ1v) is 12.1. The molecule has 0 heterocycles. The average Bonchev–Trinajstić information content (AvgIpc) is 2.79. The maximum absolute atomic E-state index is 12.8. The number of benzene rings is 2. The van der Waals surface area contributed by atoms with Crippen LogP contribution in [0.1, 0.15) is 112 Å². The summed E-state index contributed by atoms with van der Waals surface area (Å²) in [5, 5.41) is 0. The number of hydrogen-bond acceptors (Lipinski definition) is 3. The van der Waals surface area contributed by atoms with Crippen LogP contribution >= 0.6 is 0 Å². The van der Waals surface area contributed by atoms with Crippen LogP contribution in [0.25, 0.3) is 0 Å². The van der Waals surface area contributed by atoms with Crippen LogP contribution < -0.4 is 4.74 Å². The van der Waals surface area contributed by atoms with Gasteiger partial charge in [0, 0.05) is 12.8 Å². The summed E-state index contributed by atoms with van der Waals surface area (Å²) in [5.74, 6) is 1.27. The average molecular weight is 423 g/mol. The maximum atomic E-state index is 12.8. The number of Topliss-reactive ketones (excluding diaryl/α,β-unsaturated/α-hetero) is 2. The van der Waals surface area contributed by atoms with Crippen LogP contribution in [0.3, 0.4) is 0 Å². The number of carbonyl (C=O) groups is 2. The fourth-order valence-electron chi connectivity index (χ4n) is 3.74. The molecular weight excluding hydrogens is 384 g/mol. The zero-order valence-electron chi connectivity index (χ0n) is 19.3. The molecule has 168 valence electrons. The summed E-state index contributed by atoms with van der Waals surface area (Å²) in [6, 6.07) is 14.7. The Balaban J connectivity index is 2.03. The first kappa shape index (κ1) is 24.8. The van der Waals surface area contributed by atoms with Gasteiger partial charge in [-0.15, -0.1) is 0 Å². The number of carbonyl (C=O) groups excluding carboxylic acids is 2. The van der Waals surface area contributed by atoms with Crippen molar-refractivity contribution < 1.29 is 14.3 Å². The fourth-order valence-corrected chi connectivity index (χ4v) is 3.74. The molecule has 0 bridgehead atoms. The monoisotopic (exact) mass is 422 g/mol. The minimum Gasteiger partial charge on any atom is -0.456 e. The molecule has 0 spiro atoms. The Morgan fingerprint density at radius 3 is 1.39 bits per heavy atom. The first-order chi connectivity index (χ1) is 15.2. The fraction of sp³-hybridized carbons (Fsp3) is 0.500. The van der Waals surface area contributed by atoms with Gasteiger partial charge in [-0.25, -0.2) is 0 Å². The van der Waals surface area contributed by atoms with Crippen LogP contribution in [0.15, 0.2) is 48.5 Å². The van der Waals surface area contributed by atoms with E-state index in [0.29, 0.717) is 35.5 Å². The summed E-state index contributed by atoms with van der Waals surface area (Å²) >= 11 is 0. The van der Waals surface area contributed by atoms with E-state index in [-0.39, 0.29) is 11.6 Å². The summed E-state index contributed by atoms with van der Waals surface area (Å²) in [6.45, 7) is 4.38. The van der Waals surface area contributed by atoms with Crippen LogP contribution in [0.2, 0.25) is 0 Å². The molecule has 3 nitrogen and oxygen atoms in total. The highest BCUT2D eigenvalue weighted by molar-refractivity contribution is 6.00. The van der Waals surface area contributed by atoms with E-state index in [9.17, 15) is 9.59 Å². The van der Waals surface area contributed by atoms with Gasteiger partial charge in [0.25, 0.3) is 0 Å². The molecule has 0 aromatic heterocycles. The zero-order chi connectivity index (χ0) is 22.3. The predicted molar refractivity (Wildman–Crippen MR) is 128 cm³/mol. The third-order valence-corrected chi connectivity index (χ3v) is 5.61. The molecule has 0 atom stereocenters. The summed E-state index contributed by atoms with van der Waals surface area (Å²) in [5.41, 5.74) is 1.19. The Morgan fingerprint density at radius 2 is 0.968 bits per heavy atom. The predicted octanol–water partition coefficient (Wildman–Crippen LogP) is 8.57. The van der Waals surface area contributed by atoms with Gasteiger partial charge in [0.1, 0.15) is 11.5 Å². The Labute approximate surface area is 188 Å². The summed E-state index contributed by atoms with van der Waals surface area (Å²) < 4.78 is 6.13. The molecule has 0 radical (unpaired) electrons. The van der Waals surface area contributed by atoms with Gasteiger partial charge in [-0.05, 0) is 37.1 Å². The number of hydrogen-bond donors (Lipinski definition) is 0. The highest BCUT2D eigenvalue weighted by atomic mass is 16.5. The van der Waals surface area contributed by atoms with Crippen molar-refractivity contribution in [1.29, 1.82) is 0 Å². The van der Waals surface area contributed by atoms with Crippen LogP contribution in [0, 0.1) is 0 Å². The van der Waals surface area contributed by atoms with Gasteiger partial charge in [-0.1, -0.05) is 89.5 Å². The van der Waals surface area contributed by atoms with Crippen molar-refractivity contribution >= 4 is 11.6 Å². The lowest BCUT2D eigenvalue weighted by atomic mass is 10.0. The molecule has 0 aliphatic rings. The molecule has 0 amide bonds. The van der Waals surface area contributed by atoms with Crippen molar-refractivity contribution in [2.45, 2.75) is 90.9 Å². The summed E-state index contributed by atoms with van der Waals surface area (Å²) in [4.78, 5) is 25.6. The normalized spacial score (nSPS) is 10.8. The van der Waals surface area contributed by atoms with E-state index in [2.05, 4.69) is 13.8 Å². The van der Waals surface area contributed by atoms with Gasteiger partial charge in [0.2, 0.25) is 0 Å². The lowest BCUT2D eigenvalue weighted by Crippen LogP contribution is -2.05. The van der Waals surface area contributed by atoms with Gasteiger partial charge in [0.05, 0.1) is 11.1 Å². The van der Waals surface area contributed by atoms with Gasteiger partial charge < -0.3 is 4.74 Å². The number of rotatable bonds is 16. The van der Waals surface area contributed by atoms with Gasteiger partial charge in [-0.2, -0.15) is 0 Å². The minimum atomic E-state index is 0.104. The van der Waals surface area contributed by atoms with E-state index in [4.69, 9.17) is 4.74 Å². The molecule has 0 aliphatic carbocycles. The first-order valence-electron chi connectivity index (χ1n) is 12.1. The second-order valence-corrected chi connectivity index (χ2v) is 8.27. The SMILES string of the molecule is CCCCCCCC(=O)c1ccccc1Oc1ccccc1C(=O)CCCCCCC. The lowest BCUT2D eigenvalue weighted by Gasteiger charge is -2.13. The molecule has 0 unspecified atom stereocenters. The van der Waals surface area contributed by atoms with Gasteiger partial charge >= 0.3 is 0 Å². The van der Waals surface area contributed by atoms with E-state index < -0.39 is 0 Å². The number of ketones is 2. The van der Waals surface area contributed by atoms with Crippen molar-refractivity contribution in [2.75, 3.05) is 0 Å². The topological polar surface area (TPSA) is 43.4 Å².